The average Bonchev–Trinajstić information content (AvgIpc) is 3.19. The third kappa shape index (κ3) is 3.92. The van der Waals surface area contributed by atoms with Crippen molar-refractivity contribution < 1.29 is 9.21 Å². The normalized spacial score (nSPS) is 11.5. The molecule has 154 valence electrons. The van der Waals surface area contributed by atoms with Gasteiger partial charge < -0.3 is 9.32 Å². The Bertz CT molecular complexity index is 1180. The van der Waals surface area contributed by atoms with Crippen molar-refractivity contribution in [3.05, 3.63) is 54.1 Å². The maximum Gasteiger partial charge on any atom is 0.219 e. The lowest BCUT2D eigenvalue weighted by Crippen LogP contribution is -2.27. The number of aromatic nitrogens is 2. The van der Waals surface area contributed by atoms with Crippen LogP contribution in [0.5, 0.6) is 0 Å². The van der Waals surface area contributed by atoms with E-state index in [1.165, 1.54) is 11.8 Å². The number of hydrogen-bond acceptors (Lipinski definition) is 6. The van der Waals surface area contributed by atoms with Gasteiger partial charge in [-0.2, -0.15) is 0 Å². The van der Waals surface area contributed by atoms with Crippen LogP contribution in [0.3, 0.4) is 0 Å². The number of thioether (sulfide) groups is 1. The molecule has 0 N–H and O–H groups in total. The summed E-state index contributed by atoms with van der Waals surface area (Å²) in [6.45, 7) is 6.28. The van der Waals surface area contributed by atoms with Crippen LogP contribution in [0.25, 0.3) is 33.5 Å². The highest BCUT2D eigenvalue weighted by molar-refractivity contribution is 8.14. The van der Waals surface area contributed by atoms with Gasteiger partial charge in [-0.05, 0) is 50.6 Å². The van der Waals surface area contributed by atoms with Crippen LogP contribution in [-0.2, 0) is 0 Å². The third-order valence-electron chi connectivity index (χ3n) is 5.09. The average molecular weight is 420 g/mol. The van der Waals surface area contributed by atoms with Crippen molar-refractivity contribution in [2.45, 2.75) is 33.2 Å². The highest BCUT2D eigenvalue weighted by atomic mass is 32.2. The molecule has 0 spiro atoms. The van der Waals surface area contributed by atoms with Gasteiger partial charge in [0.1, 0.15) is 11.3 Å². The zero-order valence-corrected chi connectivity index (χ0v) is 18.5. The monoisotopic (exact) mass is 419 g/mol. The Morgan fingerprint density at radius 2 is 1.90 bits per heavy atom. The first-order chi connectivity index (χ1) is 14.5. The molecule has 0 aliphatic rings. The summed E-state index contributed by atoms with van der Waals surface area (Å²) in [5.41, 5.74) is 3.63. The maximum absolute atomic E-state index is 12.5. The van der Waals surface area contributed by atoms with Gasteiger partial charge >= 0.3 is 0 Å². The highest BCUT2D eigenvalue weighted by Gasteiger charge is 2.20. The van der Waals surface area contributed by atoms with Crippen molar-refractivity contribution >= 4 is 44.7 Å². The molecule has 0 aliphatic heterocycles. The number of benzene rings is 2. The van der Waals surface area contributed by atoms with Gasteiger partial charge in [0.2, 0.25) is 5.12 Å². The molecule has 2 heterocycles. The van der Waals surface area contributed by atoms with E-state index in [4.69, 9.17) is 14.4 Å². The first-order valence-electron chi connectivity index (χ1n) is 10.2. The first-order valence-corrected chi connectivity index (χ1v) is 11.2. The zero-order chi connectivity index (χ0) is 21.3. The topological polar surface area (TPSA) is 59.2 Å². The number of para-hydroxylation sites is 1. The van der Waals surface area contributed by atoms with E-state index < -0.39 is 0 Å². The molecule has 2 aromatic carbocycles. The van der Waals surface area contributed by atoms with E-state index in [9.17, 15) is 4.79 Å². The summed E-state index contributed by atoms with van der Waals surface area (Å²) in [6.07, 6.45) is 0.966. The standard InChI is InChI=1S/C24H25N3O2S/c1-5-12-30-24(28)17-10-11-18-19(13-17)26-23(27(4)15(2)3)22(25-18)21-14-16-8-6-7-9-20(16)29-21/h6-11,13-15H,5,12H2,1-4H3. The van der Waals surface area contributed by atoms with Gasteiger partial charge in [-0.15, -0.1) is 0 Å². The second kappa shape index (κ2) is 8.48. The van der Waals surface area contributed by atoms with Crippen molar-refractivity contribution in [1.29, 1.82) is 0 Å². The van der Waals surface area contributed by atoms with Gasteiger partial charge in [0.25, 0.3) is 0 Å². The van der Waals surface area contributed by atoms with Crippen LogP contribution < -0.4 is 4.90 Å². The molecule has 4 aromatic rings. The van der Waals surface area contributed by atoms with Crippen LogP contribution in [-0.4, -0.2) is 33.9 Å². The van der Waals surface area contributed by atoms with Crippen LogP contribution in [0.2, 0.25) is 0 Å². The number of hydrogen-bond donors (Lipinski definition) is 0. The molecule has 0 amide bonds. The molecule has 5 nitrogen and oxygen atoms in total. The third-order valence-corrected chi connectivity index (χ3v) is 6.20. The second-order valence-corrected chi connectivity index (χ2v) is 8.66. The van der Waals surface area contributed by atoms with E-state index in [0.29, 0.717) is 22.5 Å². The summed E-state index contributed by atoms with van der Waals surface area (Å²) in [7, 11) is 2.00. The Morgan fingerprint density at radius 1 is 1.10 bits per heavy atom. The zero-order valence-electron chi connectivity index (χ0n) is 17.7. The summed E-state index contributed by atoms with van der Waals surface area (Å²) < 4.78 is 6.09. The van der Waals surface area contributed by atoms with Crippen molar-refractivity contribution in [3.63, 3.8) is 0 Å². The molecule has 0 unspecified atom stereocenters. The van der Waals surface area contributed by atoms with Gasteiger partial charge in [-0.1, -0.05) is 36.9 Å². The Balaban J connectivity index is 1.86. The summed E-state index contributed by atoms with van der Waals surface area (Å²) in [4.78, 5) is 24.3. The SMILES string of the molecule is CCCSC(=O)c1ccc2nc(-c3cc4ccccc4o3)c(N(C)C(C)C)nc2c1. The minimum atomic E-state index is 0.0701. The van der Waals surface area contributed by atoms with E-state index in [1.807, 2.05) is 55.6 Å². The lowest BCUT2D eigenvalue weighted by molar-refractivity contribution is 0.108. The number of carbonyl (C=O) groups excluding carboxylic acids is 1. The molecular weight excluding hydrogens is 394 g/mol. The van der Waals surface area contributed by atoms with Gasteiger partial charge in [0.05, 0.1) is 11.0 Å². The van der Waals surface area contributed by atoms with Gasteiger partial charge in [-0.25, -0.2) is 9.97 Å². The molecule has 30 heavy (non-hydrogen) atoms. The van der Waals surface area contributed by atoms with E-state index in [0.717, 1.165) is 34.5 Å². The van der Waals surface area contributed by atoms with Gasteiger partial charge in [-0.3, -0.25) is 4.79 Å². The van der Waals surface area contributed by atoms with Crippen LogP contribution in [0.15, 0.2) is 52.9 Å². The maximum atomic E-state index is 12.5. The minimum Gasteiger partial charge on any atom is -0.454 e. The summed E-state index contributed by atoms with van der Waals surface area (Å²) >= 11 is 1.34. The molecule has 6 heteroatoms. The van der Waals surface area contributed by atoms with Crippen LogP contribution in [0, 0.1) is 0 Å². The number of rotatable bonds is 6. The fraction of sp³-hybridized carbons (Fsp3) is 0.292. The van der Waals surface area contributed by atoms with Gasteiger partial charge in [0, 0.05) is 29.8 Å². The number of furan rings is 1. The molecular formula is C24H25N3O2S. The van der Waals surface area contributed by atoms with Crippen LogP contribution >= 0.6 is 11.8 Å². The molecule has 4 rings (SSSR count). The number of carbonyl (C=O) groups is 1. The molecule has 0 bridgehead atoms. The van der Waals surface area contributed by atoms with E-state index in [2.05, 4.69) is 25.7 Å². The number of nitrogens with zero attached hydrogens (tertiary/aromatic N) is 3. The van der Waals surface area contributed by atoms with E-state index in [-0.39, 0.29) is 11.2 Å². The van der Waals surface area contributed by atoms with Crippen LogP contribution in [0.1, 0.15) is 37.6 Å². The van der Waals surface area contributed by atoms with Gasteiger partial charge in [0.15, 0.2) is 11.6 Å². The smallest absolute Gasteiger partial charge is 0.219 e. The molecule has 0 aliphatic carbocycles. The Morgan fingerprint density at radius 3 is 2.63 bits per heavy atom. The molecule has 0 atom stereocenters. The summed E-state index contributed by atoms with van der Waals surface area (Å²) in [5.74, 6) is 2.24. The summed E-state index contributed by atoms with van der Waals surface area (Å²) in [6, 6.07) is 15.7. The van der Waals surface area contributed by atoms with Crippen molar-refractivity contribution in [2.24, 2.45) is 0 Å². The van der Waals surface area contributed by atoms with E-state index in [1.54, 1.807) is 0 Å². The minimum absolute atomic E-state index is 0.0701. The lowest BCUT2D eigenvalue weighted by Gasteiger charge is -2.24. The van der Waals surface area contributed by atoms with Crippen molar-refractivity contribution in [1.82, 2.24) is 9.97 Å². The number of anilines is 1. The van der Waals surface area contributed by atoms with Crippen molar-refractivity contribution in [2.75, 3.05) is 17.7 Å². The van der Waals surface area contributed by atoms with Crippen LogP contribution in [0.4, 0.5) is 5.82 Å². The highest BCUT2D eigenvalue weighted by Crippen LogP contribution is 2.34. The predicted molar refractivity (Wildman–Crippen MR) is 125 cm³/mol. The largest absolute Gasteiger partial charge is 0.454 e. The quantitative estimate of drug-likeness (QED) is 0.372. The Hall–Kier alpha value is -2.86. The fourth-order valence-electron chi connectivity index (χ4n) is 3.20. The second-order valence-electron chi connectivity index (χ2n) is 7.59. The summed E-state index contributed by atoms with van der Waals surface area (Å²) in [5, 5.41) is 1.10. The molecule has 0 fully saturated rings. The first kappa shape index (κ1) is 20.4. The Labute approximate surface area is 180 Å². The van der Waals surface area contributed by atoms with E-state index >= 15 is 0 Å². The fourth-order valence-corrected chi connectivity index (χ4v) is 3.89. The number of fused-ring (bicyclic) bond motifs is 2. The molecule has 2 aromatic heterocycles. The van der Waals surface area contributed by atoms with Crippen molar-refractivity contribution in [3.8, 4) is 11.5 Å². The molecule has 0 saturated heterocycles. The lowest BCUT2D eigenvalue weighted by atomic mass is 10.2. The Kier molecular flexibility index (Phi) is 5.77. The predicted octanol–water partition coefficient (Wildman–Crippen LogP) is 6.17. The molecule has 0 radical (unpaired) electrons. The molecule has 0 saturated carbocycles.